The van der Waals surface area contributed by atoms with Crippen LogP contribution >= 0.6 is 11.8 Å². The first-order valence-corrected chi connectivity index (χ1v) is 6.10. The Balaban J connectivity index is 1.84. The Morgan fingerprint density at radius 1 is 1.46 bits per heavy atom. The summed E-state index contributed by atoms with van der Waals surface area (Å²) in [7, 11) is 0. The predicted molar refractivity (Wildman–Crippen MR) is 57.3 cm³/mol. The zero-order valence-corrected chi connectivity index (χ0v) is 9.49. The van der Waals surface area contributed by atoms with E-state index in [1.165, 1.54) is 12.2 Å². The second-order valence-corrected chi connectivity index (χ2v) is 6.28. The van der Waals surface area contributed by atoms with E-state index in [9.17, 15) is 0 Å². The fourth-order valence-electron chi connectivity index (χ4n) is 1.96. The molecule has 0 spiro atoms. The predicted octanol–water partition coefficient (Wildman–Crippen LogP) is 1.65. The summed E-state index contributed by atoms with van der Waals surface area (Å²) in [5.74, 6) is 1.26. The van der Waals surface area contributed by atoms with Gasteiger partial charge in [-0.15, -0.1) is 0 Å². The third-order valence-electron chi connectivity index (χ3n) is 3.25. The van der Waals surface area contributed by atoms with Crippen molar-refractivity contribution < 1.29 is 4.74 Å². The molecule has 0 bridgehead atoms. The standard InChI is InChI=1S/C10H19NOS/c1-7-8(4-5-12-7)11-9-6-13-10(9,2)3/h7-9,11H,4-6H2,1-3H3. The number of ether oxygens (including phenoxy) is 1. The van der Waals surface area contributed by atoms with Gasteiger partial charge in [0.05, 0.1) is 6.10 Å². The molecule has 1 N–H and O–H groups in total. The SMILES string of the molecule is CC1OCCC1NC1CSC1(C)C. The molecule has 76 valence electrons. The maximum Gasteiger partial charge on any atom is 0.0700 e. The van der Waals surface area contributed by atoms with E-state index in [4.69, 9.17) is 4.74 Å². The van der Waals surface area contributed by atoms with Crippen molar-refractivity contribution in [3.8, 4) is 0 Å². The zero-order chi connectivity index (χ0) is 9.47. The molecule has 0 aromatic rings. The quantitative estimate of drug-likeness (QED) is 0.734. The highest BCUT2D eigenvalue weighted by Gasteiger charge is 2.41. The van der Waals surface area contributed by atoms with Crippen LogP contribution in [0.25, 0.3) is 0 Å². The van der Waals surface area contributed by atoms with Gasteiger partial charge in [-0.25, -0.2) is 0 Å². The molecule has 2 nitrogen and oxygen atoms in total. The van der Waals surface area contributed by atoms with Crippen molar-refractivity contribution in [1.82, 2.24) is 5.32 Å². The molecule has 0 aliphatic carbocycles. The Morgan fingerprint density at radius 3 is 2.62 bits per heavy atom. The van der Waals surface area contributed by atoms with Crippen LogP contribution in [0.5, 0.6) is 0 Å². The molecule has 13 heavy (non-hydrogen) atoms. The Bertz CT molecular complexity index is 195. The summed E-state index contributed by atoms with van der Waals surface area (Å²) in [6.45, 7) is 7.74. The molecule has 2 saturated heterocycles. The van der Waals surface area contributed by atoms with E-state index in [1.807, 2.05) is 0 Å². The van der Waals surface area contributed by atoms with Gasteiger partial charge in [0.25, 0.3) is 0 Å². The Hall–Kier alpha value is 0.270. The molecular weight excluding hydrogens is 182 g/mol. The molecule has 3 unspecified atom stereocenters. The number of nitrogens with one attached hydrogen (secondary N) is 1. The van der Waals surface area contributed by atoms with Gasteiger partial charge >= 0.3 is 0 Å². The van der Waals surface area contributed by atoms with Crippen molar-refractivity contribution in [3.05, 3.63) is 0 Å². The first-order valence-electron chi connectivity index (χ1n) is 5.11. The molecule has 3 atom stereocenters. The van der Waals surface area contributed by atoms with E-state index in [2.05, 4.69) is 37.8 Å². The highest BCUT2D eigenvalue weighted by Crippen LogP contribution is 2.40. The first kappa shape index (κ1) is 9.81. The van der Waals surface area contributed by atoms with Crippen molar-refractivity contribution in [2.75, 3.05) is 12.4 Å². The average Bonchev–Trinajstić information content (AvgIpc) is 2.45. The summed E-state index contributed by atoms with van der Waals surface area (Å²) in [6, 6.07) is 1.27. The van der Waals surface area contributed by atoms with Gasteiger partial charge in [-0.3, -0.25) is 0 Å². The largest absolute Gasteiger partial charge is 0.377 e. The van der Waals surface area contributed by atoms with Gasteiger partial charge in [0, 0.05) is 29.2 Å². The first-order chi connectivity index (χ1) is 6.09. The van der Waals surface area contributed by atoms with Crippen LogP contribution in [0.3, 0.4) is 0 Å². The van der Waals surface area contributed by atoms with Crippen LogP contribution in [0.2, 0.25) is 0 Å². The second-order valence-electron chi connectivity index (χ2n) is 4.60. The molecular formula is C10H19NOS. The monoisotopic (exact) mass is 201 g/mol. The minimum absolute atomic E-state index is 0.404. The lowest BCUT2D eigenvalue weighted by atomic mass is 10.0. The summed E-state index contributed by atoms with van der Waals surface area (Å²) < 4.78 is 5.97. The van der Waals surface area contributed by atoms with Crippen LogP contribution < -0.4 is 5.32 Å². The van der Waals surface area contributed by atoms with Crippen LogP contribution in [0, 0.1) is 0 Å². The molecule has 2 aliphatic heterocycles. The van der Waals surface area contributed by atoms with Crippen molar-refractivity contribution in [1.29, 1.82) is 0 Å². The molecule has 0 aromatic heterocycles. The topological polar surface area (TPSA) is 21.3 Å². The minimum atomic E-state index is 0.404. The number of hydrogen-bond donors (Lipinski definition) is 1. The normalized spacial score (nSPS) is 43.2. The van der Waals surface area contributed by atoms with Gasteiger partial charge in [0.2, 0.25) is 0 Å². The highest BCUT2D eigenvalue weighted by atomic mass is 32.2. The van der Waals surface area contributed by atoms with Crippen molar-refractivity contribution in [3.63, 3.8) is 0 Å². The van der Waals surface area contributed by atoms with Crippen molar-refractivity contribution in [2.24, 2.45) is 0 Å². The van der Waals surface area contributed by atoms with Crippen LogP contribution in [0.15, 0.2) is 0 Å². The van der Waals surface area contributed by atoms with Gasteiger partial charge in [-0.2, -0.15) is 11.8 Å². The highest BCUT2D eigenvalue weighted by molar-refractivity contribution is 8.02. The van der Waals surface area contributed by atoms with E-state index in [1.54, 1.807) is 0 Å². The molecule has 0 amide bonds. The van der Waals surface area contributed by atoms with Crippen LogP contribution in [0.1, 0.15) is 27.2 Å². The maximum absolute atomic E-state index is 5.53. The summed E-state index contributed by atoms with van der Waals surface area (Å²) in [4.78, 5) is 0. The summed E-state index contributed by atoms with van der Waals surface area (Å²) in [5, 5.41) is 3.71. The molecule has 2 heterocycles. The fourth-order valence-corrected chi connectivity index (χ4v) is 3.12. The van der Waals surface area contributed by atoms with E-state index < -0.39 is 0 Å². The van der Waals surface area contributed by atoms with Crippen LogP contribution in [0.4, 0.5) is 0 Å². The molecule has 0 saturated carbocycles. The zero-order valence-electron chi connectivity index (χ0n) is 8.67. The van der Waals surface area contributed by atoms with E-state index >= 15 is 0 Å². The lowest BCUT2D eigenvalue weighted by Crippen LogP contribution is -2.58. The molecule has 2 aliphatic rings. The number of rotatable bonds is 2. The fraction of sp³-hybridized carbons (Fsp3) is 1.00. The van der Waals surface area contributed by atoms with Gasteiger partial charge < -0.3 is 10.1 Å². The molecule has 3 heteroatoms. The Labute approximate surface area is 84.8 Å². The third kappa shape index (κ3) is 1.88. The smallest absolute Gasteiger partial charge is 0.0700 e. The van der Waals surface area contributed by atoms with E-state index in [0.29, 0.717) is 22.9 Å². The van der Waals surface area contributed by atoms with Gasteiger partial charge in [0.1, 0.15) is 0 Å². The second kappa shape index (κ2) is 3.44. The van der Waals surface area contributed by atoms with E-state index in [-0.39, 0.29) is 0 Å². The summed E-state index contributed by atoms with van der Waals surface area (Å²) >= 11 is 2.05. The molecule has 0 aromatic carbocycles. The number of hydrogen-bond acceptors (Lipinski definition) is 3. The molecule has 2 rings (SSSR count). The lowest BCUT2D eigenvalue weighted by Gasteiger charge is -2.45. The van der Waals surface area contributed by atoms with Gasteiger partial charge in [-0.1, -0.05) is 0 Å². The van der Waals surface area contributed by atoms with Crippen LogP contribution in [-0.4, -0.2) is 35.3 Å². The molecule has 2 fully saturated rings. The van der Waals surface area contributed by atoms with Gasteiger partial charge in [0.15, 0.2) is 0 Å². The maximum atomic E-state index is 5.53. The minimum Gasteiger partial charge on any atom is -0.377 e. The summed E-state index contributed by atoms with van der Waals surface area (Å²) in [6.07, 6.45) is 1.58. The van der Waals surface area contributed by atoms with Crippen molar-refractivity contribution in [2.45, 2.75) is 50.1 Å². The lowest BCUT2D eigenvalue weighted by molar-refractivity contribution is 0.110. The molecule has 0 radical (unpaired) electrons. The third-order valence-corrected chi connectivity index (χ3v) is 4.78. The Kier molecular flexibility index (Phi) is 2.60. The van der Waals surface area contributed by atoms with Crippen molar-refractivity contribution >= 4 is 11.8 Å². The Morgan fingerprint density at radius 2 is 2.23 bits per heavy atom. The number of thioether (sulfide) groups is 1. The summed E-state index contributed by atoms with van der Waals surface area (Å²) in [5.41, 5.74) is 0. The van der Waals surface area contributed by atoms with E-state index in [0.717, 1.165) is 6.61 Å². The average molecular weight is 201 g/mol. The van der Waals surface area contributed by atoms with Gasteiger partial charge in [-0.05, 0) is 27.2 Å². The van der Waals surface area contributed by atoms with Crippen LogP contribution in [-0.2, 0) is 4.74 Å².